The summed E-state index contributed by atoms with van der Waals surface area (Å²) in [7, 11) is 0. The van der Waals surface area contributed by atoms with Crippen molar-refractivity contribution < 1.29 is 24.6 Å². The SMILES string of the molecule is O=C(c1cc([N+](=O)[O-])cc([N+](=O)[O-])c1)N1CCN(c2cccc[n+]2O)CC1. The van der Waals surface area contributed by atoms with Crippen LogP contribution >= 0.6 is 0 Å². The molecule has 3 rings (SSSR count). The van der Waals surface area contributed by atoms with Crippen molar-refractivity contribution in [2.45, 2.75) is 0 Å². The molecule has 1 N–H and O–H groups in total. The number of carbonyl (C=O) groups excluding carboxylic acids is 1. The van der Waals surface area contributed by atoms with E-state index >= 15 is 0 Å². The van der Waals surface area contributed by atoms with Gasteiger partial charge in [-0.1, -0.05) is 10.8 Å². The van der Waals surface area contributed by atoms with Crippen molar-refractivity contribution in [1.82, 2.24) is 4.90 Å². The molecule has 1 saturated heterocycles. The van der Waals surface area contributed by atoms with Gasteiger partial charge in [-0.3, -0.25) is 29.9 Å². The number of nitrogens with zero attached hydrogens (tertiary/aromatic N) is 5. The first-order valence-corrected chi connectivity index (χ1v) is 8.05. The fourth-order valence-corrected chi connectivity index (χ4v) is 2.93. The fourth-order valence-electron chi connectivity index (χ4n) is 2.93. The number of hydrogen-bond donors (Lipinski definition) is 1. The van der Waals surface area contributed by atoms with E-state index in [9.17, 15) is 30.2 Å². The van der Waals surface area contributed by atoms with Gasteiger partial charge < -0.3 is 10.1 Å². The molecule has 2 heterocycles. The van der Waals surface area contributed by atoms with Gasteiger partial charge in [-0.2, -0.15) is 0 Å². The molecule has 0 aliphatic carbocycles. The Hall–Kier alpha value is -3.76. The number of benzene rings is 1. The zero-order valence-corrected chi connectivity index (χ0v) is 14.1. The zero-order valence-electron chi connectivity index (χ0n) is 14.1. The minimum absolute atomic E-state index is 0.0960. The van der Waals surface area contributed by atoms with E-state index in [-0.39, 0.29) is 5.56 Å². The van der Waals surface area contributed by atoms with Crippen molar-refractivity contribution in [3.05, 3.63) is 68.4 Å². The third kappa shape index (κ3) is 3.76. The van der Waals surface area contributed by atoms with Crippen molar-refractivity contribution in [2.75, 3.05) is 31.1 Å². The van der Waals surface area contributed by atoms with Crippen LogP contribution in [-0.2, 0) is 0 Å². The summed E-state index contributed by atoms with van der Waals surface area (Å²) in [5.41, 5.74) is -1.10. The van der Waals surface area contributed by atoms with Gasteiger partial charge in [0.15, 0.2) is 0 Å². The highest BCUT2D eigenvalue weighted by molar-refractivity contribution is 5.95. The van der Waals surface area contributed by atoms with Crippen LogP contribution in [0.4, 0.5) is 17.2 Å². The first-order valence-electron chi connectivity index (χ1n) is 8.05. The average molecular weight is 374 g/mol. The Morgan fingerprint density at radius 3 is 2.11 bits per heavy atom. The van der Waals surface area contributed by atoms with E-state index in [4.69, 9.17) is 0 Å². The molecule has 1 aliphatic rings. The molecular formula is C16H16N5O6+. The highest BCUT2D eigenvalue weighted by Gasteiger charge is 2.30. The molecule has 27 heavy (non-hydrogen) atoms. The van der Waals surface area contributed by atoms with Crippen LogP contribution in [0.1, 0.15) is 10.4 Å². The monoisotopic (exact) mass is 374 g/mol. The molecule has 0 bridgehead atoms. The molecule has 0 spiro atoms. The molecule has 0 atom stereocenters. The Bertz CT molecular complexity index is 878. The van der Waals surface area contributed by atoms with E-state index in [2.05, 4.69) is 0 Å². The van der Waals surface area contributed by atoms with Crippen LogP contribution in [0.5, 0.6) is 0 Å². The molecule has 1 aromatic carbocycles. The predicted octanol–water partition coefficient (Wildman–Crippen LogP) is 0.990. The maximum Gasteiger partial charge on any atom is 0.316 e. The first-order chi connectivity index (χ1) is 12.9. The van der Waals surface area contributed by atoms with Crippen molar-refractivity contribution >= 4 is 23.1 Å². The number of piperazine rings is 1. The van der Waals surface area contributed by atoms with Gasteiger partial charge in [-0.15, -0.1) is 0 Å². The number of hydrogen-bond acceptors (Lipinski definition) is 7. The number of aromatic nitrogens is 1. The van der Waals surface area contributed by atoms with Gasteiger partial charge >= 0.3 is 5.82 Å². The molecule has 1 fully saturated rings. The lowest BCUT2D eigenvalue weighted by molar-refractivity contribution is -0.894. The highest BCUT2D eigenvalue weighted by atomic mass is 16.6. The zero-order chi connectivity index (χ0) is 19.6. The molecule has 0 unspecified atom stereocenters. The Kier molecular flexibility index (Phi) is 4.83. The Morgan fingerprint density at radius 1 is 1.00 bits per heavy atom. The summed E-state index contributed by atoms with van der Waals surface area (Å²) in [4.78, 5) is 36.5. The van der Waals surface area contributed by atoms with Gasteiger partial charge in [0.05, 0.1) is 34.6 Å². The van der Waals surface area contributed by atoms with E-state index in [1.165, 1.54) is 11.1 Å². The molecule has 1 amide bonds. The van der Waals surface area contributed by atoms with Crippen molar-refractivity contribution in [1.29, 1.82) is 0 Å². The second-order valence-corrected chi connectivity index (χ2v) is 5.93. The van der Waals surface area contributed by atoms with Crippen LogP contribution in [-0.4, -0.2) is 52.0 Å². The molecular weight excluding hydrogens is 358 g/mol. The van der Waals surface area contributed by atoms with Crippen molar-refractivity contribution in [3.63, 3.8) is 0 Å². The van der Waals surface area contributed by atoms with Crippen molar-refractivity contribution in [2.24, 2.45) is 0 Å². The number of rotatable bonds is 4. The van der Waals surface area contributed by atoms with E-state index in [0.29, 0.717) is 32.0 Å². The smallest absolute Gasteiger partial charge is 0.316 e. The van der Waals surface area contributed by atoms with E-state index < -0.39 is 27.1 Å². The minimum Gasteiger partial charge on any atom is -0.350 e. The normalized spacial score (nSPS) is 14.1. The number of nitro benzene ring substituents is 2. The molecule has 140 valence electrons. The second kappa shape index (κ2) is 7.23. The van der Waals surface area contributed by atoms with Crippen LogP contribution in [0.3, 0.4) is 0 Å². The summed E-state index contributed by atoms with van der Waals surface area (Å²) >= 11 is 0. The third-order valence-electron chi connectivity index (χ3n) is 4.28. The largest absolute Gasteiger partial charge is 0.350 e. The first kappa shape index (κ1) is 18.0. The van der Waals surface area contributed by atoms with Crippen LogP contribution in [0.15, 0.2) is 42.6 Å². The lowest BCUT2D eigenvalue weighted by Gasteiger charge is -2.31. The average Bonchev–Trinajstić information content (AvgIpc) is 2.67. The molecule has 0 radical (unpaired) electrons. The summed E-state index contributed by atoms with van der Waals surface area (Å²) in [6, 6.07) is 8.10. The van der Waals surface area contributed by atoms with Crippen LogP contribution < -0.4 is 9.63 Å². The van der Waals surface area contributed by atoms with Crippen LogP contribution in [0.2, 0.25) is 0 Å². The van der Waals surface area contributed by atoms with E-state index in [0.717, 1.165) is 22.9 Å². The highest BCUT2D eigenvalue weighted by Crippen LogP contribution is 2.24. The summed E-state index contributed by atoms with van der Waals surface area (Å²) in [5.74, 6) is 0.0713. The Labute approximate surface area is 152 Å². The Balaban J connectivity index is 1.77. The van der Waals surface area contributed by atoms with Crippen LogP contribution in [0, 0.1) is 20.2 Å². The quantitative estimate of drug-likeness (QED) is 0.365. The molecule has 2 aromatic rings. The minimum atomic E-state index is -0.767. The van der Waals surface area contributed by atoms with E-state index in [1.54, 1.807) is 18.2 Å². The van der Waals surface area contributed by atoms with Gasteiger partial charge in [-0.25, -0.2) is 0 Å². The van der Waals surface area contributed by atoms with Crippen molar-refractivity contribution in [3.8, 4) is 0 Å². The third-order valence-corrected chi connectivity index (χ3v) is 4.28. The number of anilines is 1. The van der Waals surface area contributed by atoms with Gasteiger partial charge in [-0.05, 0) is 6.07 Å². The standard InChI is InChI=1S/C16H16N5O6/c22-16(12-9-13(20(24)25)11-14(10-12)21(26)27)18-7-5-17(6-8-18)15-3-1-2-4-19(15)23/h1-4,9-11,23H,5-8H2/q+1. The molecule has 11 nitrogen and oxygen atoms in total. The number of pyridine rings is 1. The number of carbonyl (C=O) groups is 1. The maximum absolute atomic E-state index is 12.7. The number of nitro groups is 2. The second-order valence-electron chi connectivity index (χ2n) is 5.93. The summed E-state index contributed by atoms with van der Waals surface area (Å²) in [6.45, 7) is 1.50. The summed E-state index contributed by atoms with van der Waals surface area (Å²) in [6.07, 6.45) is 1.50. The molecule has 11 heteroatoms. The lowest BCUT2D eigenvalue weighted by Crippen LogP contribution is -2.52. The van der Waals surface area contributed by atoms with Gasteiger partial charge in [0, 0.05) is 18.2 Å². The summed E-state index contributed by atoms with van der Waals surface area (Å²) < 4.78 is 0.987. The number of amides is 1. The topological polar surface area (TPSA) is 134 Å². The van der Waals surface area contributed by atoms with Gasteiger partial charge in [0.25, 0.3) is 17.3 Å². The predicted molar refractivity (Wildman–Crippen MR) is 91.7 cm³/mol. The van der Waals surface area contributed by atoms with Crippen LogP contribution in [0.25, 0.3) is 0 Å². The lowest BCUT2D eigenvalue weighted by atomic mass is 10.1. The molecule has 1 aromatic heterocycles. The molecule has 0 saturated carbocycles. The van der Waals surface area contributed by atoms with Gasteiger partial charge in [0.1, 0.15) is 19.3 Å². The van der Waals surface area contributed by atoms with E-state index in [1.807, 2.05) is 4.90 Å². The van der Waals surface area contributed by atoms with Gasteiger partial charge in [0.2, 0.25) is 0 Å². The fraction of sp³-hybridized carbons (Fsp3) is 0.250. The Morgan fingerprint density at radius 2 is 1.59 bits per heavy atom. The summed E-state index contributed by atoms with van der Waals surface area (Å²) in [5, 5.41) is 31.8. The maximum atomic E-state index is 12.7. The molecule has 1 aliphatic heterocycles. The number of non-ortho nitro benzene ring substituents is 2.